The number of carbonyl (C=O) groups is 1. The Morgan fingerprint density at radius 3 is 2.70 bits per heavy atom. The van der Waals surface area contributed by atoms with E-state index >= 15 is 0 Å². The van der Waals surface area contributed by atoms with Crippen LogP contribution >= 0.6 is 22.9 Å². The summed E-state index contributed by atoms with van der Waals surface area (Å²) in [6, 6.07) is 8.49. The molecule has 2 heterocycles. The highest BCUT2D eigenvalue weighted by Crippen LogP contribution is 2.43. The van der Waals surface area contributed by atoms with Crippen LogP contribution in [0.5, 0.6) is 0 Å². The van der Waals surface area contributed by atoms with Crippen molar-refractivity contribution in [3.63, 3.8) is 0 Å². The predicted octanol–water partition coefficient (Wildman–Crippen LogP) is 3.99. The first-order chi connectivity index (χ1) is 12.9. The Bertz CT molecular complexity index is 968. The molecule has 1 saturated heterocycles. The van der Waals surface area contributed by atoms with Crippen molar-refractivity contribution in [1.29, 1.82) is 0 Å². The second-order valence-corrected chi connectivity index (χ2v) is 9.71. The molecule has 1 amide bonds. The van der Waals surface area contributed by atoms with Gasteiger partial charge in [0.2, 0.25) is 0 Å². The van der Waals surface area contributed by atoms with Gasteiger partial charge < -0.3 is 5.32 Å². The van der Waals surface area contributed by atoms with Crippen LogP contribution < -0.4 is 14.3 Å². The highest BCUT2D eigenvalue weighted by Gasteiger charge is 2.36. The number of nitrogens with zero attached hydrogens (tertiary/aromatic N) is 1. The number of amides is 1. The number of rotatable bonds is 4. The number of nitrogens with one attached hydrogen (secondary N) is 2. The average Bonchev–Trinajstić information content (AvgIpc) is 3.14. The molecule has 2 aromatic rings. The summed E-state index contributed by atoms with van der Waals surface area (Å²) in [5, 5.41) is 5.61. The normalized spacial score (nSPS) is 19.9. The number of thiophene rings is 1. The second kappa shape index (κ2) is 7.33. The summed E-state index contributed by atoms with van der Waals surface area (Å²) in [6.07, 6.45) is 6.19. The first-order valence-electron chi connectivity index (χ1n) is 8.91. The van der Waals surface area contributed by atoms with Crippen molar-refractivity contribution in [2.75, 3.05) is 16.2 Å². The summed E-state index contributed by atoms with van der Waals surface area (Å²) < 4.78 is 27.1. The molecule has 1 aliphatic heterocycles. The highest BCUT2D eigenvalue weighted by atomic mass is 35.5. The Kier molecular flexibility index (Phi) is 5.05. The van der Waals surface area contributed by atoms with Crippen molar-refractivity contribution in [3.8, 4) is 10.4 Å². The van der Waals surface area contributed by atoms with Crippen LogP contribution in [0.3, 0.4) is 0 Å². The molecule has 0 unspecified atom stereocenters. The van der Waals surface area contributed by atoms with Crippen molar-refractivity contribution < 1.29 is 13.2 Å². The molecule has 1 aromatic carbocycles. The van der Waals surface area contributed by atoms with Crippen molar-refractivity contribution >= 4 is 50.4 Å². The zero-order valence-corrected chi connectivity index (χ0v) is 17.0. The fourth-order valence-corrected chi connectivity index (χ4v) is 6.27. The lowest BCUT2D eigenvalue weighted by atomic mass is 9.95. The molecule has 0 bridgehead atoms. The van der Waals surface area contributed by atoms with Crippen molar-refractivity contribution in [2.45, 2.75) is 38.1 Å². The van der Waals surface area contributed by atoms with E-state index in [1.54, 1.807) is 5.38 Å². The Balaban J connectivity index is 1.60. The fourth-order valence-electron chi connectivity index (χ4n) is 3.59. The summed E-state index contributed by atoms with van der Waals surface area (Å²) in [7, 11) is -3.86. The Morgan fingerprint density at radius 2 is 2.00 bits per heavy atom. The number of hydrogen-bond acceptors (Lipinski definition) is 5. The van der Waals surface area contributed by atoms with E-state index in [0.29, 0.717) is 16.8 Å². The summed E-state index contributed by atoms with van der Waals surface area (Å²) >= 11 is 7.87. The summed E-state index contributed by atoms with van der Waals surface area (Å²) in [6.45, 7) is -0.249. The van der Waals surface area contributed by atoms with Crippen LogP contribution in [0.4, 0.5) is 11.4 Å². The maximum absolute atomic E-state index is 12.1. The van der Waals surface area contributed by atoms with E-state index < -0.39 is 16.1 Å². The van der Waals surface area contributed by atoms with Gasteiger partial charge in [-0.3, -0.25) is 4.79 Å². The fraction of sp³-hybridized carbons (Fsp3) is 0.389. The van der Waals surface area contributed by atoms with Crippen LogP contribution in [-0.4, -0.2) is 26.9 Å². The minimum Gasteiger partial charge on any atom is -0.382 e. The zero-order valence-electron chi connectivity index (χ0n) is 14.6. The average molecular weight is 426 g/mol. The Labute approximate surface area is 167 Å². The maximum Gasteiger partial charge on any atom is 0.326 e. The van der Waals surface area contributed by atoms with E-state index in [0.717, 1.165) is 20.4 Å². The minimum atomic E-state index is -3.86. The SMILES string of the molecule is O=C1CN(c2csc(-c3cccc(NC4CCCCC4)c3)c2Cl)S(=O)(=O)N1. The number of anilines is 2. The predicted molar refractivity (Wildman–Crippen MR) is 110 cm³/mol. The summed E-state index contributed by atoms with van der Waals surface area (Å²) in [5.41, 5.74) is 2.30. The third-order valence-electron chi connectivity index (χ3n) is 4.90. The molecule has 4 rings (SSSR count). The lowest BCUT2D eigenvalue weighted by molar-refractivity contribution is -0.117. The first-order valence-corrected chi connectivity index (χ1v) is 11.6. The number of benzene rings is 1. The van der Waals surface area contributed by atoms with Gasteiger partial charge in [0.15, 0.2) is 0 Å². The van der Waals surface area contributed by atoms with Gasteiger partial charge in [-0.05, 0) is 30.5 Å². The van der Waals surface area contributed by atoms with Gasteiger partial charge in [0, 0.05) is 17.1 Å². The van der Waals surface area contributed by atoms with Crippen molar-refractivity contribution in [2.24, 2.45) is 0 Å². The lowest BCUT2D eigenvalue weighted by Crippen LogP contribution is -2.29. The Hall–Kier alpha value is -1.77. The third-order valence-corrected chi connectivity index (χ3v) is 7.81. The van der Waals surface area contributed by atoms with Gasteiger partial charge >= 0.3 is 10.2 Å². The van der Waals surface area contributed by atoms with Gasteiger partial charge in [-0.15, -0.1) is 11.3 Å². The largest absolute Gasteiger partial charge is 0.382 e. The van der Waals surface area contributed by atoms with E-state index in [2.05, 4.69) is 5.32 Å². The summed E-state index contributed by atoms with van der Waals surface area (Å²) in [4.78, 5) is 12.3. The van der Waals surface area contributed by atoms with Crippen LogP contribution in [0, 0.1) is 0 Å². The maximum atomic E-state index is 12.1. The van der Waals surface area contributed by atoms with Crippen LogP contribution in [0.1, 0.15) is 32.1 Å². The molecule has 0 radical (unpaired) electrons. The molecule has 1 aliphatic carbocycles. The van der Waals surface area contributed by atoms with Crippen LogP contribution in [0.15, 0.2) is 29.6 Å². The molecule has 2 N–H and O–H groups in total. The molecule has 1 saturated carbocycles. The molecule has 0 spiro atoms. The van der Waals surface area contributed by atoms with E-state index in [1.807, 2.05) is 29.0 Å². The molecular weight excluding hydrogens is 406 g/mol. The van der Waals surface area contributed by atoms with Crippen LogP contribution in [-0.2, 0) is 15.0 Å². The van der Waals surface area contributed by atoms with Crippen molar-refractivity contribution in [3.05, 3.63) is 34.7 Å². The molecule has 144 valence electrons. The smallest absolute Gasteiger partial charge is 0.326 e. The zero-order chi connectivity index (χ0) is 19.0. The van der Waals surface area contributed by atoms with Gasteiger partial charge in [0.05, 0.1) is 15.6 Å². The topological polar surface area (TPSA) is 78.5 Å². The van der Waals surface area contributed by atoms with E-state index in [4.69, 9.17) is 11.6 Å². The van der Waals surface area contributed by atoms with Gasteiger partial charge in [0.25, 0.3) is 5.91 Å². The number of carbonyl (C=O) groups excluding carboxylic acids is 1. The lowest BCUT2D eigenvalue weighted by Gasteiger charge is -2.24. The molecule has 2 fully saturated rings. The van der Waals surface area contributed by atoms with Gasteiger partial charge in [0.1, 0.15) is 6.54 Å². The van der Waals surface area contributed by atoms with Gasteiger partial charge in [-0.25, -0.2) is 9.03 Å². The second-order valence-electron chi connectivity index (χ2n) is 6.86. The third kappa shape index (κ3) is 3.79. The van der Waals surface area contributed by atoms with Gasteiger partial charge in [-0.1, -0.05) is 43.0 Å². The molecular formula is C18H20ClN3O3S2. The van der Waals surface area contributed by atoms with Crippen molar-refractivity contribution in [1.82, 2.24) is 4.72 Å². The number of hydrogen-bond donors (Lipinski definition) is 2. The quantitative estimate of drug-likeness (QED) is 0.776. The molecule has 0 atom stereocenters. The van der Waals surface area contributed by atoms with Crippen LogP contribution in [0.25, 0.3) is 10.4 Å². The van der Waals surface area contributed by atoms with Crippen LogP contribution in [0.2, 0.25) is 5.02 Å². The number of halogens is 1. The van der Waals surface area contributed by atoms with E-state index in [-0.39, 0.29) is 6.54 Å². The summed E-state index contributed by atoms with van der Waals surface area (Å²) in [5.74, 6) is -0.558. The minimum absolute atomic E-state index is 0.249. The standard InChI is InChI=1S/C18H20ClN3O3S2/c19-17-15(22-10-16(23)21-27(22,24)25)11-26-18(17)12-5-4-8-14(9-12)20-13-6-2-1-3-7-13/h4-5,8-9,11,13,20H,1-3,6-7,10H2,(H,21,23). The molecule has 27 heavy (non-hydrogen) atoms. The molecule has 2 aliphatic rings. The molecule has 1 aromatic heterocycles. The monoisotopic (exact) mass is 425 g/mol. The highest BCUT2D eigenvalue weighted by molar-refractivity contribution is 7.92. The van der Waals surface area contributed by atoms with E-state index in [1.165, 1.54) is 43.4 Å². The molecule has 9 heteroatoms. The first kappa shape index (κ1) is 18.6. The Morgan fingerprint density at radius 1 is 1.22 bits per heavy atom. The van der Waals surface area contributed by atoms with Gasteiger partial charge in [-0.2, -0.15) is 8.42 Å². The van der Waals surface area contributed by atoms with E-state index in [9.17, 15) is 13.2 Å². The molecule has 6 nitrogen and oxygen atoms in total.